The van der Waals surface area contributed by atoms with Gasteiger partial charge < -0.3 is 15.8 Å². The molecule has 2 aromatic heterocycles. The van der Waals surface area contributed by atoms with Crippen molar-refractivity contribution in [3.63, 3.8) is 0 Å². The zero-order valence-corrected chi connectivity index (χ0v) is 12.7. The molecule has 0 saturated carbocycles. The topological polar surface area (TPSA) is 86.0 Å². The molecule has 0 fully saturated rings. The lowest BCUT2D eigenvalue weighted by atomic mass is 10.3. The summed E-state index contributed by atoms with van der Waals surface area (Å²) in [4.78, 5) is 12.7. The number of hydrogen-bond donors (Lipinski definition) is 2. The van der Waals surface area contributed by atoms with Crippen LogP contribution in [0.1, 0.15) is 18.7 Å². The van der Waals surface area contributed by atoms with Gasteiger partial charge in [-0.25, -0.2) is 15.0 Å². The summed E-state index contributed by atoms with van der Waals surface area (Å²) in [5, 5.41) is 5.79. The minimum absolute atomic E-state index is 0.0887. The third-order valence-electron chi connectivity index (χ3n) is 2.83. The summed E-state index contributed by atoms with van der Waals surface area (Å²) in [7, 11) is 0. The highest BCUT2D eigenvalue weighted by molar-refractivity contribution is 7.13. The molecule has 0 aliphatic carbocycles. The Morgan fingerprint density at radius 3 is 2.77 bits per heavy atom. The number of rotatable bonds is 5. The van der Waals surface area contributed by atoms with Crippen LogP contribution in [0.25, 0.3) is 0 Å². The Labute approximate surface area is 132 Å². The SMILES string of the molecule is CC(N)c1csc(Nc2cc(Oc3ccccc3)ncn2)n1. The van der Waals surface area contributed by atoms with E-state index in [1.807, 2.05) is 42.6 Å². The lowest BCUT2D eigenvalue weighted by molar-refractivity contribution is 0.462. The summed E-state index contributed by atoms with van der Waals surface area (Å²) in [6.45, 7) is 1.90. The summed E-state index contributed by atoms with van der Waals surface area (Å²) in [5.41, 5.74) is 6.65. The number of hydrogen-bond acceptors (Lipinski definition) is 7. The Balaban J connectivity index is 1.73. The Bertz CT molecular complexity index is 744. The molecule has 2 heterocycles. The molecule has 3 N–H and O–H groups in total. The molecule has 0 amide bonds. The molecule has 1 atom stereocenters. The summed E-state index contributed by atoms with van der Waals surface area (Å²) >= 11 is 1.48. The molecular weight excluding hydrogens is 298 g/mol. The second kappa shape index (κ2) is 6.50. The number of para-hydroxylation sites is 1. The number of nitrogens with one attached hydrogen (secondary N) is 1. The molecule has 1 unspecified atom stereocenters. The van der Waals surface area contributed by atoms with Crippen LogP contribution in [0.5, 0.6) is 11.6 Å². The van der Waals surface area contributed by atoms with E-state index in [-0.39, 0.29) is 6.04 Å². The van der Waals surface area contributed by atoms with Crippen molar-refractivity contribution in [1.29, 1.82) is 0 Å². The Kier molecular flexibility index (Phi) is 4.27. The Morgan fingerprint density at radius 2 is 2.05 bits per heavy atom. The molecule has 0 aliphatic heterocycles. The maximum atomic E-state index is 5.80. The van der Waals surface area contributed by atoms with E-state index in [4.69, 9.17) is 10.5 Å². The van der Waals surface area contributed by atoms with Crippen LogP contribution in [-0.2, 0) is 0 Å². The van der Waals surface area contributed by atoms with Gasteiger partial charge in [0.1, 0.15) is 17.9 Å². The zero-order chi connectivity index (χ0) is 15.4. The van der Waals surface area contributed by atoms with Gasteiger partial charge in [0.05, 0.1) is 5.69 Å². The number of aromatic nitrogens is 3. The maximum Gasteiger partial charge on any atom is 0.224 e. The van der Waals surface area contributed by atoms with Crippen molar-refractivity contribution in [1.82, 2.24) is 15.0 Å². The van der Waals surface area contributed by atoms with E-state index in [9.17, 15) is 0 Å². The number of nitrogens with two attached hydrogens (primary N) is 1. The first-order valence-electron chi connectivity index (χ1n) is 6.73. The van der Waals surface area contributed by atoms with Crippen molar-refractivity contribution in [3.05, 3.63) is 53.8 Å². The van der Waals surface area contributed by atoms with E-state index in [0.29, 0.717) is 11.7 Å². The second-order valence-corrected chi connectivity index (χ2v) is 5.51. The smallest absolute Gasteiger partial charge is 0.224 e. The lowest BCUT2D eigenvalue weighted by Crippen LogP contribution is -2.05. The van der Waals surface area contributed by atoms with Crippen molar-refractivity contribution in [2.45, 2.75) is 13.0 Å². The van der Waals surface area contributed by atoms with Crippen LogP contribution >= 0.6 is 11.3 Å². The molecule has 112 valence electrons. The molecule has 0 aliphatic rings. The lowest BCUT2D eigenvalue weighted by Gasteiger charge is -2.06. The highest BCUT2D eigenvalue weighted by Gasteiger charge is 2.07. The highest BCUT2D eigenvalue weighted by Crippen LogP contribution is 2.25. The van der Waals surface area contributed by atoms with E-state index < -0.39 is 0 Å². The molecule has 1 aromatic carbocycles. The van der Waals surface area contributed by atoms with Gasteiger partial charge in [-0.2, -0.15) is 0 Å². The van der Waals surface area contributed by atoms with Crippen LogP contribution in [0, 0.1) is 0 Å². The van der Waals surface area contributed by atoms with Gasteiger partial charge in [-0.3, -0.25) is 0 Å². The van der Waals surface area contributed by atoms with Gasteiger partial charge in [0.2, 0.25) is 5.88 Å². The average Bonchev–Trinajstić information content (AvgIpc) is 2.97. The average molecular weight is 313 g/mol. The molecule has 0 radical (unpaired) electrons. The van der Waals surface area contributed by atoms with Crippen LogP contribution in [0.2, 0.25) is 0 Å². The fourth-order valence-electron chi connectivity index (χ4n) is 1.74. The van der Waals surface area contributed by atoms with Crippen molar-refractivity contribution >= 4 is 22.3 Å². The van der Waals surface area contributed by atoms with E-state index in [0.717, 1.165) is 16.6 Å². The molecule has 0 spiro atoms. The van der Waals surface area contributed by atoms with E-state index in [1.54, 1.807) is 6.07 Å². The summed E-state index contributed by atoms with van der Waals surface area (Å²) in [6, 6.07) is 11.1. The Morgan fingerprint density at radius 1 is 1.23 bits per heavy atom. The third-order valence-corrected chi connectivity index (χ3v) is 3.61. The standard InChI is InChI=1S/C15H15N5OS/c1-10(16)12-8-22-15(19-12)20-13-7-14(18-9-17-13)21-11-5-3-2-4-6-11/h2-10H,16H2,1H3,(H,17,18,19,20). The zero-order valence-electron chi connectivity index (χ0n) is 11.9. The van der Waals surface area contributed by atoms with Gasteiger partial charge in [-0.1, -0.05) is 18.2 Å². The van der Waals surface area contributed by atoms with Crippen LogP contribution in [0.3, 0.4) is 0 Å². The minimum Gasteiger partial charge on any atom is -0.439 e. The fraction of sp³-hybridized carbons (Fsp3) is 0.133. The molecule has 6 nitrogen and oxygen atoms in total. The van der Waals surface area contributed by atoms with Crippen molar-refractivity contribution in [2.24, 2.45) is 5.73 Å². The third kappa shape index (κ3) is 3.57. The van der Waals surface area contributed by atoms with Crippen LogP contribution in [-0.4, -0.2) is 15.0 Å². The van der Waals surface area contributed by atoms with E-state index in [1.165, 1.54) is 17.7 Å². The van der Waals surface area contributed by atoms with Crippen molar-refractivity contribution in [2.75, 3.05) is 5.32 Å². The van der Waals surface area contributed by atoms with Gasteiger partial charge in [-0.15, -0.1) is 11.3 Å². The molecule has 0 saturated heterocycles. The Hall–Kier alpha value is -2.51. The number of nitrogens with zero attached hydrogens (tertiary/aromatic N) is 3. The van der Waals surface area contributed by atoms with Gasteiger partial charge in [-0.05, 0) is 19.1 Å². The predicted molar refractivity (Wildman–Crippen MR) is 86.5 cm³/mol. The first-order chi connectivity index (χ1) is 10.7. The van der Waals surface area contributed by atoms with Gasteiger partial charge >= 0.3 is 0 Å². The van der Waals surface area contributed by atoms with E-state index >= 15 is 0 Å². The van der Waals surface area contributed by atoms with Crippen molar-refractivity contribution < 1.29 is 4.74 Å². The van der Waals surface area contributed by atoms with Gasteiger partial charge in [0.15, 0.2) is 5.13 Å². The van der Waals surface area contributed by atoms with Gasteiger partial charge in [0.25, 0.3) is 0 Å². The van der Waals surface area contributed by atoms with Gasteiger partial charge in [0, 0.05) is 17.5 Å². The monoisotopic (exact) mass is 313 g/mol. The molecule has 3 rings (SSSR count). The van der Waals surface area contributed by atoms with Crippen LogP contribution < -0.4 is 15.8 Å². The molecule has 22 heavy (non-hydrogen) atoms. The molecular formula is C15H15N5OS. The first kappa shape index (κ1) is 14.4. The quantitative estimate of drug-likeness (QED) is 0.750. The second-order valence-electron chi connectivity index (χ2n) is 4.65. The highest BCUT2D eigenvalue weighted by atomic mass is 32.1. The summed E-state index contributed by atoms with van der Waals surface area (Å²) in [6.07, 6.45) is 1.45. The largest absolute Gasteiger partial charge is 0.439 e. The molecule has 0 bridgehead atoms. The summed E-state index contributed by atoms with van der Waals surface area (Å²) < 4.78 is 5.67. The summed E-state index contributed by atoms with van der Waals surface area (Å²) in [5.74, 6) is 1.81. The normalized spacial score (nSPS) is 11.9. The number of thiazole rings is 1. The van der Waals surface area contributed by atoms with E-state index in [2.05, 4.69) is 20.3 Å². The predicted octanol–water partition coefficient (Wildman–Crippen LogP) is 3.49. The minimum atomic E-state index is -0.0887. The number of benzene rings is 1. The first-order valence-corrected chi connectivity index (χ1v) is 7.61. The molecule has 7 heteroatoms. The van der Waals surface area contributed by atoms with Crippen molar-refractivity contribution in [3.8, 4) is 11.6 Å². The number of ether oxygens (including phenoxy) is 1. The van der Waals surface area contributed by atoms with Crippen LogP contribution in [0.15, 0.2) is 48.1 Å². The molecule has 3 aromatic rings. The van der Waals surface area contributed by atoms with Crippen LogP contribution in [0.4, 0.5) is 10.9 Å². The number of anilines is 2. The fourth-order valence-corrected chi connectivity index (χ4v) is 2.56. The maximum absolute atomic E-state index is 5.80.